The number of nitrogens with zero attached hydrogens (tertiary/aromatic N) is 5. The van der Waals surface area contributed by atoms with E-state index in [1.54, 1.807) is 7.11 Å². The minimum atomic E-state index is -0.0471. The highest BCUT2D eigenvalue weighted by Crippen LogP contribution is 2.64. The molecular formula is C25H20ClN7O. The molecule has 4 heterocycles. The molecule has 0 unspecified atom stereocenters. The maximum absolute atomic E-state index is 6.15. The highest BCUT2D eigenvalue weighted by Gasteiger charge is 2.58. The summed E-state index contributed by atoms with van der Waals surface area (Å²) in [6.07, 6.45) is 5.07. The molecule has 0 bridgehead atoms. The SMILES string of the molecule is COc1ccc2c(c1)[C@@]1(C=N2)C[C@H]1c1ccc2c(Nc3nc(Cl)nc4ccn(C)c34)n[nH]c2c1. The lowest BCUT2D eigenvalue weighted by Crippen LogP contribution is -2.07. The first-order chi connectivity index (χ1) is 16.6. The first-order valence-corrected chi connectivity index (χ1v) is 11.4. The van der Waals surface area contributed by atoms with Gasteiger partial charge in [-0.05, 0) is 71.5 Å². The maximum Gasteiger partial charge on any atom is 0.225 e. The van der Waals surface area contributed by atoms with Gasteiger partial charge in [0.2, 0.25) is 5.28 Å². The third-order valence-corrected chi connectivity index (χ3v) is 7.23. The minimum absolute atomic E-state index is 0.0471. The van der Waals surface area contributed by atoms with Crippen molar-refractivity contribution in [3.8, 4) is 5.75 Å². The van der Waals surface area contributed by atoms with E-state index in [1.165, 1.54) is 11.1 Å². The standard InChI is InChI=1S/C25H20ClN7O/c1-33-8-7-19-21(33)23(30-24(26)28-19)29-22-15-5-3-13(9-20(15)31-32-22)17-11-25(17)12-27-18-6-4-14(34-2)10-16(18)25/h3-10,12,17H,11H2,1-2H3,(H2,28,29,30,31,32)/t17-,25-/m0/s1. The third kappa shape index (κ3) is 2.72. The van der Waals surface area contributed by atoms with Crippen molar-refractivity contribution in [3.63, 3.8) is 0 Å². The molecule has 168 valence electrons. The summed E-state index contributed by atoms with van der Waals surface area (Å²) in [5, 5.41) is 12.2. The van der Waals surface area contributed by atoms with Gasteiger partial charge >= 0.3 is 0 Å². The molecule has 1 aliphatic carbocycles. The van der Waals surface area contributed by atoms with Crippen LogP contribution in [0.25, 0.3) is 21.9 Å². The molecule has 2 N–H and O–H groups in total. The predicted octanol–water partition coefficient (Wildman–Crippen LogP) is 5.39. The number of aryl methyl sites for hydroxylation is 1. The van der Waals surface area contributed by atoms with E-state index in [2.05, 4.69) is 61.0 Å². The number of aromatic amines is 1. The molecule has 0 amide bonds. The Kier molecular flexibility index (Phi) is 3.91. The number of aromatic nitrogens is 5. The number of hydrogen-bond acceptors (Lipinski definition) is 6. The van der Waals surface area contributed by atoms with Gasteiger partial charge in [-0.3, -0.25) is 10.1 Å². The van der Waals surface area contributed by atoms with Gasteiger partial charge in [0, 0.05) is 30.3 Å². The van der Waals surface area contributed by atoms with Crippen LogP contribution < -0.4 is 10.1 Å². The summed E-state index contributed by atoms with van der Waals surface area (Å²) in [5.74, 6) is 2.55. The first-order valence-electron chi connectivity index (χ1n) is 11.0. The van der Waals surface area contributed by atoms with Crippen molar-refractivity contribution in [1.29, 1.82) is 0 Å². The Morgan fingerprint density at radius 1 is 1.15 bits per heavy atom. The van der Waals surface area contributed by atoms with E-state index in [0.29, 0.717) is 17.6 Å². The van der Waals surface area contributed by atoms with Crippen LogP contribution in [-0.2, 0) is 12.5 Å². The Balaban J connectivity index is 1.23. The van der Waals surface area contributed by atoms with Gasteiger partial charge in [-0.15, -0.1) is 0 Å². The number of anilines is 2. The Morgan fingerprint density at radius 2 is 2.06 bits per heavy atom. The molecule has 8 nitrogen and oxygen atoms in total. The van der Waals surface area contributed by atoms with Crippen LogP contribution in [0.4, 0.5) is 17.3 Å². The monoisotopic (exact) mass is 469 g/mol. The summed E-state index contributed by atoms with van der Waals surface area (Å²) in [5.41, 5.74) is 6.11. The summed E-state index contributed by atoms with van der Waals surface area (Å²) in [4.78, 5) is 13.4. The number of H-pyrrole nitrogens is 1. The molecule has 34 heavy (non-hydrogen) atoms. The number of aliphatic imine (C=N–C) groups is 1. The minimum Gasteiger partial charge on any atom is -0.497 e. The van der Waals surface area contributed by atoms with Crippen LogP contribution in [0.15, 0.2) is 53.7 Å². The van der Waals surface area contributed by atoms with Crippen molar-refractivity contribution in [3.05, 3.63) is 65.1 Å². The number of nitrogens with one attached hydrogen (secondary N) is 2. The number of ether oxygens (including phenoxy) is 1. The molecule has 1 fully saturated rings. The molecular weight excluding hydrogens is 450 g/mol. The van der Waals surface area contributed by atoms with Gasteiger partial charge in [0.05, 0.1) is 23.8 Å². The lowest BCUT2D eigenvalue weighted by molar-refractivity contribution is 0.414. The van der Waals surface area contributed by atoms with Crippen LogP contribution in [-0.4, -0.2) is 38.1 Å². The Bertz CT molecular complexity index is 1650. The fraction of sp³-hybridized carbons (Fsp3) is 0.200. The highest BCUT2D eigenvalue weighted by atomic mass is 35.5. The van der Waals surface area contributed by atoms with Crippen LogP contribution in [0.2, 0.25) is 5.28 Å². The molecule has 0 saturated heterocycles. The quantitative estimate of drug-likeness (QED) is 0.344. The zero-order valence-corrected chi connectivity index (χ0v) is 19.3. The topological polar surface area (TPSA) is 93.0 Å². The summed E-state index contributed by atoms with van der Waals surface area (Å²) in [7, 11) is 3.65. The second-order valence-electron chi connectivity index (χ2n) is 8.94. The molecule has 1 spiro atoms. The number of methoxy groups -OCH3 is 1. The Hall–Kier alpha value is -3.91. The van der Waals surface area contributed by atoms with Crippen molar-refractivity contribution in [1.82, 2.24) is 24.7 Å². The normalized spacial score (nSPS) is 20.4. The van der Waals surface area contributed by atoms with Gasteiger partial charge in [-0.1, -0.05) is 6.07 Å². The molecule has 1 aliphatic heterocycles. The summed E-state index contributed by atoms with van der Waals surface area (Å²) in [6, 6.07) is 14.5. The zero-order valence-electron chi connectivity index (χ0n) is 18.5. The highest BCUT2D eigenvalue weighted by molar-refractivity contribution is 6.28. The van der Waals surface area contributed by atoms with Crippen molar-refractivity contribution >= 4 is 57.1 Å². The number of hydrogen-bond donors (Lipinski definition) is 2. The number of fused-ring (bicyclic) bond motifs is 4. The van der Waals surface area contributed by atoms with E-state index < -0.39 is 0 Å². The van der Waals surface area contributed by atoms with Gasteiger partial charge < -0.3 is 14.6 Å². The second-order valence-corrected chi connectivity index (χ2v) is 9.28. The van der Waals surface area contributed by atoms with Gasteiger partial charge in [0.1, 0.15) is 11.3 Å². The summed E-state index contributed by atoms with van der Waals surface area (Å²) >= 11 is 6.15. The molecule has 3 aromatic heterocycles. The first kappa shape index (κ1) is 19.5. The van der Waals surface area contributed by atoms with Gasteiger partial charge in [0.25, 0.3) is 0 Å². The lowest BCUT2D eigenvalue weighted by atomic mass is 9.92. The predicted molar refractivity (Wildman–Crippen MR) is 133 cm³/mol. The van der Waals surface area contributed by atoms with Crippen LogP contribution in [0.5, 0.6) is 5.75 Å². The van der Waals surface area contributed by atoms with Crippen LogP contribution in [0, 0.1) is 0 Å². The molecule has 5 aromatic rings. The number of rotatable bonds is 4. The molecule has 2 atom stereocenters. The smallest absolute Gasteiger partial charge is 0.225 e. The number of halogens is 1. The average molecular weight is 470 g/mol. The van der Waals surface area contributed by atoms with E-state index in [-0.39, 0.29) is 10.7 Å². The molecule has 9 heteroatoms. The summed E-state index contributed by atoms with van der Waals surface area (Å²) in [6.45, 7) is 0. The van der Waals surface area contributed by atoms with E-state index in [9.17, 15) is 0 Å². The van der Waals surface area contributed by atoms with Crippen LogP contribution in [0.1, 0.15) is 23.5 Å². The van der Waals surface area contributed by atoms with Crippen molar-refractivity contribution in [2.75, 3.05) is 12.4 Å². The maximum atomic E-state index is 6.15. The van der Waals surface area contributed by atoms with E-state index >= 15 is 0 Å². The molecule has 0 radical (unpaired) electrons. The average Bonchev–Trinajstić information content (AvgIpc) is 3.06. The number of benzene rings is 2. The van der Waals surface area contributed by atoms with Crippen LogP contribution in [0.3, 0.4) is 0 Å². The molecule has 2 aliphatic rings. The van der Waals surface area contributed by atoms with Gasteiger partial charge in [-0.25, -0.2) is 4.98 Å². The lowest BCUT2D eigenvalue weighted by Gasteiger charge is -2.11. The molecule has 7 rings (SSSR count). The fourth-order valence-corrected chi connectivity index (χ4v) is 5.41. The van der Waals surface area contributed by atoms with E-state index in [1.807, 2.05) is 36.0 Å². The zero-order chi connectivity index (χ0) is 23.0. The van der Waals surface area contributed by atoms with Crippen molar-refractivity contribution < 1.29 is 4.74 Å². The second kappa shape index (κ2) is 6.80. The van der Waals surface area contributed by atoms with Gasteiger partial charge in [-0.2, -0.15) is 10.1 Å². The third-order valence-electron chi connectivity index (χ3n) is 7.06. The molecule has 2 aromatic carbocycles. The largest absolute Gasteiger partial charge is 0.497 e. The summed E-state index contributed by atoms with van der Waals surface area (Å²) < 4.78 is 7.41. The molecule has 1 saturated carbocycles. The van der Waals surface area contributed by atoms with Crippen LogP contribution >= 0.6 is 11.6 Å². The Labute approximate surface area is 199 Å². The van der Waals surface area contributed by atoms with Crippen molar-refractivity contribution in [2.24, 2.45) is 12.0 Å². The Morgan fingerprint density at radius 3 is 2.94 bits per heavy atom. The van der Waals surface area contributed by atoms with E-state index in [0.717, 1.165) is 39.8 Å². The van der Waals surface area contributed by atoms with Gasteiger partial charge in [0.15, 0.2) is 11.6 Å². The van der Waals surface area contributed by atoms with E-state index in [4.69, 9.17) is 16.3 Å². The van der Waals surface area contributed by atoms with Crippen molar-refractivity contribution in [2.45, 2.75) is 17.8 Å². The fourth-order valence-electron chi connectivity index (χ4n) is 5.23.